The van der Waals surface area contributed by atoms with Crippen LogP contribution < -0.4 is 16.0 Å². The number of rotatable bonds is 7. The van der Waals surface area contributed by atoms with Crippen molar-refractivity contribution in [3.63, 3.8) is 0 Å². The first-order chi connectivity index (χ1) is 11.4. The minimum Gasteiger partial charge on any atom is -0.467 e. The van der Waals surface area contributed by atoms with E-state index in [2.05, 4.69) is 20.7 Å². The molecular formula is C15H27N3O7. The molecule has 3 amide bonds. The lowest BCUT2D eigenvalue weighted by molar-refractivity contribution is -0.145. The summed E-state index contributed by atoms with van der Waals surface area (Å²) >= 11 is 0. The van der Waals surface area contributed by atoms with Crippen molar-refractivity contribution in [2.75, 3.05) is 13.7 Å². The molecule has 0 spiro atoms. The van der Waals surface area contributed by atoms with E-state index in [0.29, 0.717) is 0 Å². The van der Waals surface area contributed by atoms with E-state index in [1.165, 1.54) is 21.0 Å². The number of aliphatic hydroxyl groups excluding tert-OH is 1. The number of amides is 3. The van der Waals surface area contributed by atoms with E-state index in [1.807, 2.05) is 0 Å². The SMILES string of the molecule is COC(=O)[C@H](C)NC(=O)[C@H](CO)NC(=O)[C@H](C)NC(=O)OC(C)(C)C. The van der Waals surface area contributed by atoms with Crippen molar-refractivity contribution in [1.82, 2.24) is 16.0 Å². The number of aliphatic hydroxyl groups is 1. The number of carbonyl (C=O) groups is 4. The first kappa shape index (κ1) is 22.6. The highest BCUT2D eigenvalue weighted by molar-refractivity contribution is 5.92. The lowest BCUT2D eigenvalue weighted by Gasteiger charge is -2.23. The number of ether oxygens (including phenoxy) is 2. The molecule has 0 rings (SSSR count). The van der Waals surface area contributed by atoms with Gasteiger partial charge in [0.2, 0.25) is 11.8 Å². The van der Waals surface area contributed by atoms with Gasteiger partial charge in [0.05, 0.1) is 13.7 Å². The maximum Gasteiger partial charge on any atom is 0.408 e. The van der Waals surface area contributed by atoms with Gasteiger partial charge in [0.15, 0.2) is 0 Å². The van der Waals surface area contributed by atoms with Crippen molar-refractivity contribution in [3.8, 4) is 0 Å². The van der Waals surface area contributed by atoms with Crippen LogP contribution in [-0.2, 0) is 23.9 Å². The zero-order chi connectivity index (χ0) is 19.8. The van der Waals surface area contributed by atoms with Crippen LogP contribution in [0.2, 0.25) is 0 Å². The molecule has 0 saturated carbocycles. The van der Waals surface area contributed by atoms with Crippen LogP contribution in [0.5, 0.6) is 0 Å². The number of esters is 1. The Morgan fingerprint density at radius 2 is 1.52 bits per heavy atom. The third-order valence-electron chi connectivity index (χ3n) is 2.86. The topological polar surface area (TPSA) is 143 Å². The van der Waals surface area contributed by atoms with Gasteiger partial charge in [-0.05, 0) is 34.6 Å². The molecule has 144 valence electrons. The molecule has 0 aliphatic carbocycles. The van der Waals surface area contributed by atoms with E-state index in [-0.39, 0.29) is 0 Å². The van der Waals surface area contributed by atoms with Crippen molar-refractivity contribution in [2.45, 2.75) is 58.3 Å². The van der Waals surface area contributed by atoms with E-state index in [4.69, 9.17) is 4.74 Å². The summed E-state index contributed by atoms with van der Waals surface area (Å²) in [7, 11) is 1.17. The van der Waals surface area contributed by atoms with Crippen molar-refractivity contribution < 1.29 is 33.8 Å². The second kappa shape index (κ2) is 9.82. The standard InChI is InChI=1S/C15H27N3O7/c1-8(17-14(23)25-15(3,4)5)11(20)18-10(7-19)12(21)16-9(2)13(22)24-6/h8-10,19H,7H2,1-6H3,(H,16,21)(H,17,23)(H,18,20)/t8-,9-,10-/m0/s1. The predicted molar refractivity (Wildman–Crippen MR) is 87.5 cm³/mol. The van der Waals surface area contributed by atoms with Crippen LogP contribution in [0.4, 0.5) is 4.79 Å². The Hall–Kier alpha value is -2.36. The van der Waals surface area contributed by atoms with Crippen molar-refractivity contribution >= 4 is 23.9 Å². The number of alkyl carbamates (subject to hydrolysis) is 1. The van der Waals surface area contributed by atoms with E-state index < -0.39 is 54.2 Å². The molecule has 0 fully saturated rings. The Bertz CT molecular complexity index is 502. The van der Waals surface area contributed by atoms with E-state index in [0.717, 1.165) is 0 Å². The maximum absolute atomic E-state index is 12.0. The molecule has 0 saturated heterocycles. The second-order valence-electron chi connectivity index (χ2n) is 6.37. The molecule has 0 bridgehead atoms. The average Bonchev–Trinajstić information content (AvgIpc) is 2.48. The van der Waals surface area contributed by atoms with Gasteiger partial charge in [0, 0.05) is 0 Å². The van der Waals surface area contributed by atoms with Crippen LogP contribution in [0.1, 0.15) is 34.6 Å². The Kier molecular flexibility index (Phi) is 8.89. The molecule has 10 heteroatoms. The quantitative estimate of drug-likeness (QED) is 0.428. The van der Waals surface area contributed by atoms with E-state index in [9.17, 15) is 24.3 Å². The maximum atomic E-state index is 12.0. The van der Waals surface area contributed by atoms with Gasteiger partial charge in [-0.25, -0.2) is 9.59 Å². The summed E-state index contributed by atoms with van der Waals surface area (Å²) in [5.41, 5.74) is -0.724. The Balaban J connectivity index is 4.64. The molecule has 0 aromatic heterocycles. The van der Waals surface area contributed by atoms with Crippen molar-refractivity contribution in [1.29, 1.82) is 0 Å². The third-order valence-corrected chi connectivity index (χ3v) is 2.86. The molecule has 10 nitrogen and oxygen atoms in total. The molecule has 0 aromatic rings. The molecule has 0 radical (unpaired) electrons. The summed E-state index contributed by atoms with van der Waals surface area (Å²) in [5.74, 6) is -2.14. The highest BCUT2D eigenvalue weighted by Crippen LogP contribution is 2.06. The Morgan fingerprint density at radius 1 is 0.960 bits per heavy atom. The Labute approximate surface area is 146 Å². The smallest absolute Gasteiger partial charge is 0.408 e. The van der Waals surface area contributed by atoms with Gasteiger partial charge < -0.3 is 30.5 Å². The molecule has 0 heterocycles. The summed E-state index contributed by atoms with van der Waals surface area (Å²) < 4.78 is 9.48. The molecule has 0 aliphatic rings. The third kappa shape index (κ3) is 8.89. The lowest BCUT2D eigenvalue weighted by atomic mass is 10.2. The van der Waals surface area contributed by atoms with E-state index >= 15 is 0 Å². The van der Waals surface area contributed by atoms with Gasteiger partial charge in [-0.1, -0.05) is 0 Å². The summed E-state index contributed by atoms with van der Waals surface area (Å²) in [6.07, 6.45) is -0.792. The normalized spacial score (nSPS) is 14.5. The minimum absolute atomic E-state index is 0.670. The first-order valence-corrected chi connectivity index (χ1v) is 7.70. The monoisotopic (exact) mass is 361 g/mol. The fraction of sp³-hybridized carbons (Fsp3) is 0.733. The van der Waals surface area contributed by atoms with Crippen molar-refractivity contribution in [2.24, 2.45) is 0 Å². The zero-order valence-corrected chi connectivity index (χ0v) is 15.3. The molecule has 3 atom stereocenters. The number of nitrogens with one attached hydrogen (secondary N) is 3. The molecule has 0 aliphatic heterocycles. The number of hydrogen-bond donors (Lipinski definition) is 4. The Morgan fingerprint density at radius 3 is 1.96 bits per heavy atom. The lowest BCUT2D eigenvalue weighted by Crippen LogP contribution is -2.56. The van der Waals surface area contributed by atoms with E-state index in [1.54, 1.807) is 20.8 Å². The molecule has 4 N–H and O–H groups in total. The predicted octanol–water partition coefficient (Wildman–Crippen LogP) is -0.946. The van der Waals surface area contributed by atoms with Gasteiger partial charge >= 0.3 is 12.1 Å². The summed E-state index contributed by atoms with van der Waals surface area (Å²) in [4.78, 5) is 46.9. The fourth-order valence-corrected chi connectivity index (χ4v) is 1.59. The largest absolute Gasteiger partial charge is 0.467 e. The second-order valence-corrected chi connectivity index (χ2v) is 6.37. The zero-order valence-electron chi connectivity index (χ0n) is 15.3. The molecule has 0 aromatic carbocycles. The van der Waals surface area contributed by atoms with Gasteiger partial charge in [-0.2, -0.15) is 0 Å². The van der Waals surface area contributed by atoms with Crippen molar-refractivity contribution in [3.05, 3.63) is 0 Å². The average molecular weight is 361 g/mol. The van der Waals surface area contributed by atoms with Crippen LogP contribution in [0, 0.1) is 0 Å². The molecular weight excluding hydrogens is 334 g/mol. The number of methoxy groups -OCH3 is 1. The van der Waals surface area contributed by atoms with Crippen LogP contribution in [-0.4, -0.2) is 66.4 Å². The van der Waals surface area contributed by atoms with Gasteiger partial charge in [-0.15, -0.1) is 0 Å². The summed E-state index contributed by atoms with van der Waals surface area (Å²) in [6.45, 7) is 7.11. The van der Waals surface area contributed by atoms with Gasteiger partial charge in [-0.3, -0.25) is 9.59 Å². The molecule has 25 heavy (non-hydrogen) atoms. The number of carbonyl (C=O) groups excluding carboxylic acids is 4. The first-order valence-electron chi connectivity index (χ1n) is 7.70. The number of hydrogen-bond acceptors (Lipinski definition) is 7. The summed E-state index contributed by atoms with van der Waals surface area (Å²) in [5, 5.41) is 16.1. The van der Waals surface area contributed by atoms with Gasteiger partial charge in [0.25, 0.3) is 0 Å². The summed E-state index contributed by atoms with van der Waals surface area (Å²) in [6, 6.07) is -3.24. The van der Waals surface area contributed by atoms with Crippen LogP contribution >= 0.6 is 0 Å². The van der Waals surface area contributed by atoms with Gasteiger partial charge in [0.1, 0.15) is 23.7 Å². The highest BCUT2D eigenvalue weighted by atomic mass is 16.6. The highest BCUT2D eigenvalue weighted by Gasteiger charge is 2.27. The molecule has 0 unspecified atom stereocenters. The fourth-order valence-electron chi connectivity index (χ4n) is 1.59. The van der Waals surface area contributed by atoms with Crippen LogP contribution in [0.3, 0.4) is 0 Å². The van der Waals surface area contributed by atoms with Crippen LogP contribution in [0.25, 0.3) is 0 Å². The van der Waals surface area contributed by atoms with Crippen LogP contribution in [0.15, 0.2) is 0 Å². The minimum atomic E-state index is -1.29.